The zero-order chi connectivity index (χ0) is 10.8. The van der Waals surface area contributed by atoms with E-state index in [9.17, 15) is 9.18 Å². The van der Waals surface area contributed by atoms with Crippen LogP contribution in [0.5, 0.6) is 5.75 Å². The van der Waals surface area contributed by atoms with Gasteiger partial charge in [0, 0.05) is 12.0 Å². The quantitative estimate of drug-likeness (QED) is 0.806. The molecule has 0 aromatic heterocycles. The Balaban J connectivity index is 2.33. The molecule has 1 aliphatic rings. The van der Waals surface area contributed by atoms with Gasteiger partial charge in [0.2, 0.25) is 5.91 Å². The third kappa shape index (κ3) is 1.93. The summed E-state index contributed by atoms with van der Waals surface area (Å²) in [5, 5.41) is 2.79. The normalized spacial score (nSPS) is 20.1. The number of carbonyl (C=O) groups excluding carboxylic acids is 1. The van der Waals surface area contributed by atoms with Gasteiger partial charge in [-0.05, 0) is 24.6 Å². The van der Waals surface area contributed by atoms with Crippen LogP contribution in [0.2, 0.25) is 0 Å². The second-order valence-corrected chi connectivity index (χ2v) is 3.55. The Hall–Kier alpha value is -1.58. The number of rotatable bonds is 2. The van der Waals surface area contributed by atoms with Gasteiger partial charge in [-0.25, -0.2) is 4.39 Å². The van der Waals surface area contributed by atoms with E-state index >= 15 is 0 Å². The van der Waals surface area contributed by atoms with Crippen LogP contribution in [0.1, 0.15) is 24.4 Å². The molecule has 80 valence electrons. The van der Waals surface area contributed by atoms with Crippen LogP contribution in [0.4, 0.5) is 4.39 Å². The largest absolute Gasteiger partial charge is 0.496 e. The molecule has 1 heterocycles. The van der Waals surface area contributed by atoms with Crippen molar-refractivity contribution in [2.75, 3.05) is 7.11 Å². The minimum Gasteiger partial charge on any atom is -0.496 e. The fourth-order valence-electron chi connectivity index (χ4n) is 1.82. The second-order valence-electron chi connectivity index (χ2n) is 3.55. The lowest BCUT2D eigenvalue weighted by molar-refractivity contribution is -0.119. The monoisotopic (exact) mass is 209 g/mol. The van der Waals surface area contributed by atoms with E-state index in [0.717, 1.165) is 0 Å². The summed E-state index contributed by atoms with van der Waals surface area (Å²) < 4.78 is 18.2. The lowest BCUT2D eigenvalue weighted by Gasteiger charge is -2.14. The molecule has 1 aromatic rings. The summed E-state index contributed by atoms with van der Waals surface area (Å²) in [6.45, 7) is 0. The Morgan fingerprint density at radius 3 is 2.93 bits per heavy atom. The molecule has 0 bridgehead atoms. The Kier molecular flexibility index (Phi) is 2.58. The van der Waals surface area contributed by atoms with Gasteiger partial charge in [-0.2, -0.15) is 0 Å². The van der Waals surface area contributed by atoms with Gasteiger partial charge in [0.05, 0.1) is 13.2 Å². The predicted molar refractivity (Wildman–Crippen MR) is 53.1 cm³/mol. The molecule has 1 aliphatic heterocycles. The Bertz CT molecular complexity index is 392. The second kappa shape index (κ2) is 3.88. The minimum absolute atomic E-state index is 0.00585. The van der Waals surface area contributed by atoms with E-state index in [1.165, 1.54) is 19.2 Å². The van der Waals surface area contributed by atoms with Crippen molar-refractivity contribution in [1.82, 2.24) is 5.32 Å². The summed E-state index contributed by atoms with van der Waals surface area (Å²) in [5.74, 6) is 0.307. The molecule has 1 unspecified atom stereocenters. The minimum atomic E-state index is -0.313. The molecule has 2 rings (SSSR count). The topological polar surface area (TPSA) is 38.3 Å². The zero-order valence-corrected chi connectivity index (χ0v) is 8.42. The van der Waals surface area contributed by atoms with Crippen molar-refractivity contribution in [3.05, 3.63) is 29.6 Å². The van der Waals surface area contributed by atoms with E-state index in [0.29, 0.717) is 24.2 Å². The molecule has 3 nitrogen and oxygen atoms in total. The van der Waals surface area contributed by atoms with E-state index < -0.39 is 0 Å². The summed E-state index contributed by atoms with van der Waals surface area (Å²) in [7, 11) is 1.54. The Morgan fingerprint density at radius 2 is 2.33 bits per heavy atom. The van der Waals surface area contributed by atoms with Gasteiger partial charge in [0.25, 0.3) is 0 Å². The molecular weight excluding hydrogens is 197 g/mol. The van der Waals surface area contributed by atoms with Gasteiger partial charge >= 0.3 is 0 Å². The van der Waals surface area contributed by atoms with Crippen molar-refractivity contribution in [1.29, 1.82) is 0 Å². The molecule has 0 spiro atoms. The molecule has 4 heteroatoms. The van der Waals surface area contributed by atoms with E-state index in [1.54, 1.807) is 6.07 Å². The van der Waals surface area contributed by atoms with Crippen LogP contribution in [0.3, 0.4) is 0 Å². The fourth-order valence-corrected chi connectivity index (χ4v) is 1.82. The van der Waals surface area contributed by atoms with Crippen molar-refractivity contribution in [3.8, 4) is 5.75 Å². The van der Waals surface area contributed by atoms with Gasteiger partial charge in [-0.1, -0.05) is 0 Å². The molecule has 1 aromatic carbocycles. The molecule has 1 N–H and O–H groups in total. The van der Waals surface area contributed by atoms with Gasteiger partial charge in [0.1, 0.15) is 11.6 Å². The molecule has 0 aliphatic carbocycles. The molecular formula is C11H12FNO2. The van der Waals surface area contributed by atoms with Crippen LogP contribution < -0.4 is 10.1 Å². The van der Waals surface area contributed by atoms with Crippen LogP contribution >= 0.6 is 0 Å². The number of nitrogens with one attached hydrogen (secondary N) is 1. The number of hydrogen-bond donors (Lipinski definition) is 1. The van der Waals surface area contributed by atoms with E-state index in [2.05, 4.69) is 5.32 Å². The average molecular weight is 209 g/mol. The van der Waals surface area contributed by atoms with E-state index in [1.807, 2.05) is 0 Å². The first-order valence-electron chi connectivity index (χ1n) is 4.83. The summed E-state index contributed by atoms with van der Waals surface area (Å²) >= 11 is 0. The highest BCUT2D eigenvalue weighted by Gasteiger charge is 2.25. The Labute approximate surface area is 87.2 Å². The first-order chi connectivity index (χ1) is 7.20. The highest BCUT2D eigenvalue weighted by Crippen LogP contribution is 2.31. The van der Waals surface area contributed by atoms with Crippen molar-refractivity contribution in [3.63, 3.8) is 0 Å². The highest BCUT2D eigenvalue weighted by atomic mass is 19.1. The van der Waals surface area contributed by atoms with Gasteiger partial charge in [-0.15, -0.1) is 0 Å². The van der Waals surface area contributed by atoms with Crippen molar-refractivity contribution in [2.24, 2.45) is 0 Å². The van der Waals surface area contributed by atoms with Crippen LogP contribution in [0, 0.1) is 5.82 Å². The SMILES string of the molecule is COc1ccc(F)cc1C1CCC(=O)N1. The summed E-state index contributed by atoms with van der Waals surface area (Å²) in [5.41, 5.74) is 0.711. The molecule has 15 heavy (non-hydrogen) atoms. The van der Waals surface area contributed by atoms with Crippen LogP contribution in [0.15, 0.2) is 18.2 Å². The molecule has 1 fully saturated rings. The number of hydrogen-bond acceptors (Lipinski definition) is 2. The number of halogens is 1. The molecule has 0 radical (unpaired) electrons. The van der Waals surface area contributed by atoms with Crippen molar-refractivity contribution >= 4 is 5.91 Å². The Morgan fingerprint density at radius 1 is 1.53 bits per heavy atom. The average Bonchev–Trinajstić information content (AvgIpc) is 2.65. The maximum absolute atomic E-state index is 13.1. The molecule has 1 atom stereocenters. The lowest BCUT2D eigenvalue weighted by Crippen LogP contribution is -2.18. The van der Waals surface area contributed by atoms with E-state index in [-0.39, 0.29) is 17.8 Å². The molecule has 0 saturated carbocycles. The molecule has 1 saturated heterocycles. The summed E-state index contributed by atoms with van der Waals surface area (Å²) in [6.07, 6.45) is 1.18. The number of benzene rings is 1. The van der Waals surface area contributed by atoms with Gasteiger partial charge < -0.3 is 10.1 Å². The van der Waals surface area contributed by atoms with Crippen LogP contribution in [-0.2, 0) is 4.79 Å². The zero-order valence-electron chi connectivity index (χ0n) is 8.42. The third-order valence-electron chi connectivity index (χ3n) is 2.56. The first kappa shape index (κ1) is 9.96. The third-order valence-corrected chi connectivity index (χ3v) is 2.56. The number of ether oxygens (including phenoxy) is 1. The van der Waals surface area contributed by atoms with Crippen molar-refractivity contribution in [2.45, 2.75) is 18.9 Å². The first-order valence-corrected chi connectivity index (χ1v) is 4.83. The maximum Gasteiger partial charge on any atom is 0.220 e. The fraction of sp³-hybridized carbons (Fsp3) is 0.364. The number of amides is 1. The molecule has 1 amide bonds. The number of carbonyl (C=O) groups is 1. The maximum atomic E-state index is 13.1. The standard InChI is InChI=1S/C11H12FNO2/c1-15-10-4-2-7(12)6-8(10)9-3-5-11(14)13-9/h2,4,6,9H,3,5H2,1H3,(H,13,14). The van der Waals surface area contributed by atoms with Crippen LogP contribution in [-0.4, -0.2) is 13.0 Å². The number of methoxy groups -OCH3 is 1. The predicted octanol–water partition coefficient (Wildman–Crippen LogP) is 1.79. The highest BCUT2D eigenvalue weighted by molar-refractivity contribution is 5.78. The summed E-state index contributed by atoms with van der Waals surface area (Å²) in [6, 6.07) is 4.21. The summed E-state index contributed by atoms with van der Waals surface area (Å²) in [4.78, 5) is 11.1. The van der Waals surface area contributed by atoms with Gasteiger partial charge in [0.15, 0.2) is 0 Å². The van der Waals surface area contributed by atoms with Crippen molar-refractivity contribution < 1.29 is 13.9 Å². The smallest absolute Gasteiger partial charge is 0.220 e. The van der Waals surface area contributed by atoms with E-state index in [4.69, 9.17) is 4.74 Å². The van der Waals surface area contributed by atoms with Gasteiger partial charge in [-0.3, -0.25) is 4.79 Å². The van der Waals surface area contributed by atoms with Crippen LogP contribution in [0.25, 0.3) is 0 Å². The lowest BCUT2D eigenvalue weighted by atomic mass is 10.0.